The molecular formula is C19H23N3O4S. The third-order valence-electron chi connectivity index (χ3n) is 4.52. The maximum Gasteiger partial charge on any atom is 0.229 e. The summed E-state index contributed by atoms with van der Waals surface area (Å²) in [4.78, 5) is 14.2. The van der Waals surface area contributed by atoms with Crippen molar-refractivity contribution in [3.05, 3.63) is 47.5 Å². The van der Waals surface area contributed by atoms with Crippen LogP contribution >= 0.6 is 0 Å². The second-order valence-corrected chi connectivity index (χ2v) is 8.55. The van der Waals surface area contributed by atoms with Crippen LogP contribution in [0, 0.1) is 0 Å². The summed E-state index contributed by atoms with van der Waals surface area (Å²) in [7, 11) is 1.92. The third kappa shape index (κ3) is 4.16. The van der Waals surface area contributed by atoms with Gasteiger partial charge in [-0.25, -0.2) is 8.42 Å². The van der Waals surface area contributed by atoms with Crippen molar-refractivity contribution in [1.29, 1.82) is 0 Å². The van der Waals surface area contributed by atoms with Crippen molar-refractivity contribution >= 4 is 33.0 Å². The molecule has 2 N–H and O–H groups in total. The van der Waals surface area contributed by atoms with Gasteiger partial charge in [-0.2, -0.15) is 0 Å². The molecule has 0 aliphatic carbocycles. The molecule has 1 unspecified atom stereocenters. The summed E-state index contributed by atoms with van der Waals surface area (Å²) in [5.74, 6) is 0.0918. The molecule has 8 heteroatoms. The summed E-state index contributed by atoms with van der Waals surface area (Å²) in [5, 5.41) is 2.85. The number of sulfonamides is 1. The zero-order valence-corrected chi connectivity index (χ0v) is 16.6. The smallest absolute Gasteiger partial charge is 0.229 e. The molecule has 1 heterocycles. The summed E-state index contributed by atoms with van der Waals surface area (Å²) in [6, 6.07) is 11.4. The lowest BCUT2D eigenvalue weighted by molar-refractivity contribution is -0.116. The van der Waals surface area contributed by atoms with Gasteiger partial charge in [0, 0.05) is 43.9 Å². The minimum atomic E-state index is -3.47. The van der Waals surface area contributed by atoms with Gasteiger partial charge in [0.1, 0.15) is 5.75 Å². The predicted octanol–water partition coefficient (Wildman–Crippen LogP) is 2.61. The Morgan fingerprint density at radius 1 is 1.19 bits per heavy atom. The largest absolute Gasteiger partial charge is 0.494 e. The Morgan fingerprint density at radius 2 is 1.85 bits per heavy atom. The molecule has 27 heavy (non-hydrogen) atoms. The SMILES string of the molecule is COc1cc2c(cc1NS(C)(=O)=O)C(c1ccc(N(C)C)cc1)CC(=O)N2. The number of hydrogen-bond acceptors (Lipinski definition) is 5. The van der Waals surface area contributed by atoms with Crippen molar-refractivity contribution in [1.82, 2.24) is 0 Å². The highest BCUT2D eigenvalue weighted by Gasteiger charge is 2.28. The van der Waals surface area contributed by atoms with Gasteiger partial charge in [-0.15, -0.1) is 0 Å². The van der Waals surface area contributed by atoms with Gasteiger partial charge in [0.05, 0.1) is 19.1 Å². The maximum absolute atomic E-state index is 12.2. The van der Waals surface area contributed by atoms with Gasteiger partial charge in [0.25, 0.3) is 0 Å². The summed E-state index contributed by atoms with van der Waals surface area (Å²) >= 11 is 0. The lowest BCUT2D eigenvalue weighted by Crippen LogP contribution is -2.24. The van der Waals surface area contributed by atoms with Crippen molar-refractivity contribution in [2.75, 3.05) is 42.4 Å². The lowest BCUT2D eigenvalue weighted by atomic mass is 9.84. The molecule has 0 fully saturated rings. The van der Waals surface area contributed by atoms with Gasteiger partial charge >= 0.3 is 0 Å². The number of rotatable bonds is 5. The number of carbonyl (C=O) groups is 1. The molecule has 0 saturated heterocycles. The van der Waals surface area contributed by atoms with Gasteiger partial charge < -0.3 is 15.0 Å². The number of fused-ring (bicyclic) bond motifs is 1. The van der Waals surface area contributed by atoms with Gasteiger partial charge in [-0.3, -0.25) is 9.52 Å². The van der Waals surface area contributed by atoms with Crippen LogP contribution in [0.2, 0.25) is 0 Å². The second-order valence-electron chi connectivity index (χ2n) is 6.80. The highest BCUT2D eigenvalue weighted by atomic mass is 32.2. The predicted molar refractivity (Wildman–Crippen MR) is 107 cm³/mol. The number of anilines is 3. The normalized spacial score (nSPS) is 16.3. The van der Waals surface area contributed by atoms with Crippen LogP contribution in [0.1, 0.15) is 23.5 Å². The lowest BCUT2D eigenvalue weighted by Gasteiger charge is -2.28. The van der Waals surface area contributed by atoms with E-state index >= 15 is 0 Å². The first-order chi connectivity index (χ1) is 12.7. The van der Waals surface area contributed by atoms with Gasteiger partial charge in [0.2, 0.25) is 15.9 Å². The Labute approximate surface area is 159 Å². The fraction of sp³-hybridized carbons (Fsp3) is 0.316. The Morgan fingerprint density at radius 3 is 2.41 bits per heavy atom. The highest BCUT2D eigenvalue weighted by molar-refractivity contribution is 7.92. The highest BCUT2D eigenvalue weighted by Crippen LogP contribution is 2.42. The molecule has 2 aromatic rings. The fourth-order valence-electron chi connectivity index (χ4n) is 3.24. The number of amides is 1. The van der Waals surface area contributed by atoms with Crippen LogP contribution < -0.4 is 19.7 Å². The molecule has 1 amide bonds. The Bertz CT molecular complexity index is 969. The molecule has 3 rings (SSSR count). The molecule has 0 aromatic heterocycles. The van der Waals surface area contributed by atoms with Crippen LogP contribution in [0.3, 0.4) is 0 Å². The average molecular weight is 389 g/mol. The molecule has 0 radical (unpaired) electrons. The Balaban J connectivity index is 2.09. The van der Waals surface area contributed by atoms with E-state index < -0.39 is 10.0 Å². The van der Waals surface area contributed by atoms with Crippen LogP contribution in [0.25, 0.3) is 0 Å². The molecule has 1 aliphatic heterocycles. The van der Waals surface area contributed by atoms with Crippen molar-refractivity contribution in [2.24, 2.45) is 0 Å². The number of hydrogen-bond donors (Lipinski definition) is 2. The summed E-state index contributed by atoms with van der Waals surface area (Å²) in [6.07, 6.45) is 1.38. The first kappa shape index (κ1) is 19.0. The first-order valence-corrected chi connectivity index (χ1v) is 10.3. The van der Waals surface area contributed by atoms with Gasteiger partial charge in [0.15, 0.2) is 0 Å². The topological polar surface area (TPSA) is 87.7 Å². The number of nitrogens with one attached hydrogen (secondary N) is 2. The van der Waals surface area contributed by atoms with Crippen LogP contribution in [0.4, 0.5) is 17.1 Å². The van der Waals surface area contributed by atoms with Crippen molar-refractivity contribution in [3.8, 4) is 5.75 Å². The van der Waals surface area contributed by atoms with Crippen molar-refractivity contribution in [3.63, 3.8) is 0 Å². The maximum atomic E-state index is 12.2. The number of methoxy groups -OCH3 is 1. The van der Waals surface area contributed by atoms with Crippen molar-refractivity contribution in [2.45, 2.75) is 12.3 Å². The van der Waals surface area contributed by atoms with Crippen LogP contribution in [-0.2, 0) is 14.8 Å². The molecular weight excluding hydrogens is 366 g/mol. The summed E-state index contributed by atoms with van der Waals surface area (Å²) in [6.45, 7) is 0. The molecule has 0 bridgehead atoms. The Kier molecular flexibility index (Phi) is 5.01. The van der Waals surface area contributed by atoms with E-state index in [9.17, 15) is 13.2 Å². The fourth-order valence-corrected chi connectivity index (χ4v) is 3.80. The number of ether oxygens (including phenoxy) is 1. The third-order valence-corrected chi connectivity index (χ3v) is 5.11. The minimum Gasteiger partial charge on any atom is -0.494 e. The van der Waals surface area contributed by atoms with E-state index in [2.05, 4.69) is 10.0 Å². The molecule has 0 saturated carbocycles. The van der Waals surface area contributed by atoms with E-state index in [1.54, 1.807) is 12.1 Å². The molecule has 7 nitrogen and oxygen atoms in total. The van der Waals surface area contributed by atoms with Crippen LogP contribution in [-0.4, -0.2) is 41.8 Å². The molecule has 144 valence electrons. The van der Waals surface area contributed by atoms with E-state index in [1.165, 1.54) is 7.11 Å². The van der Waals surface area contributed by atoms with E-state index in [4.69, 9.17) is 4.74 Å². The summed E-state index contributed by atoms with van der Waals surface area (Å²) in [5.41, 5.74) is 3.88. The van der Waals surface area contributed by atoms with Crippen LogP contribution in [0.5, 0.6) is 5.75 Å². The number of nitrogens with zero attached hydrogens (tertiary/aromatic N) is 1. The number of benzene rings is 2. The monoisotopic (exact) mass is 389 g/mol. The molecule has 1 aliphatic rings. The van der Waals surface area contributed by atoms with E-state index in [1.807, 2.05) is 43.3 Å². The average Bonchev–Trinajstić information content (AvgIpc) is 2.59. The van der Waals surface area contributed by atoms with Crippen molar-refractivity contribution < 1.29 is 17.9 Å². The van der Waals surface area contributed by atoms with E-state index in [0.717, 1.165) is 23.1 Å². The first-order valence-electron chi connectivity index (χ1n) is 8.45. The molecule has 1 atom stereocenters. The summed E-state index contributed by atoms with van der Waals surface area (Å²) < 4.78 is 31.2. The zero-order chi connectivity index (χ0) is 19.8. The molecule has 2 aromatic carbocycles. The second kappa shape index (κ2) is 7.11. The van der Waals surface area contributed by atoms with Crippen LogP contribution in [0.15, 0.2) is 36.4 Å². The van der Waals surface area contributed by atoms with Gasteiger partial charge in [-0.1, -0.05) is 12.1 Å². The minimum absolute atomic E-state index is 0.0879. The van der Waals surface area contributed by atoms with E-state index in [0.29, 0.717) is 23.5 Å². The van der Waals surface area contributed by atoms with E-state index in [-0.39, 0.29) is 11.8 Å². The number of carbonyl (C=O) groups excluding carboxylic acids is 1. The van der Waals surface area contributed by atoms with Gasteiger partial charge in [-0.05, 0) is 29.3 Å². The Hall–Kier alpha value is -2.74. The quantitative estimate of drug-likeness (QED) is 0.821. The standard InChI is InChI=1S/C19H23N3O4S/c1-22(2)13-7-5-12(6-8-13)14-10-19(23)20-16-11-18(26-3)17(9-15(14)16)21-27(4,24)25/h5-9,11,14,21H,10H2,1-4H3,(H,20,23). The molecule has 0 spiro atoms. The zero-order valence-electron chi connectivity index (χ0n) is 15.7.